The summed E-state index contributed by atoms with van der Waals surface area (Å²) in [5.74, 6) is -1.65. The summed E-state index contributed by atoms with van der Waals surface area (Å²) in [5, 5.41) is 0.627. The molecule has 0 radical (unpaired) electrons. The van der Waals surface area contributed by atoms with Gasteiger partial charge in [-0.15, -0.1) is 0 Å². The van der Waals surface area contributed by atoms with Crippen molar-refractivity contribution in [3.05, 3.63) is 41.7 Å². The fourth-order valence-electron chi connectivity index (χ4n) is 1.91. The van der Waals surface area contributed by atoms with Gasteiger partial charge in [0.15, 0.2) is 0 Å². The Hall–Kier alpha value is -2.43. The monoisotopic (exact) mass is 276 g/mol. The lowest BCUT2D eigenvalue weighted by Gasteiger charge is -2.10. The van der Waals surface area contributed by atoms with Crippen LogP contribution in [0.2, 0.25) is 0 Å². The number of hydrogen-bond donors (Lipinski definition) is 0. The van der Waals surface area contributed by atoms with Gasteiger partial charge in [-0.3, -0.25) is 4.79 Å². The van der Waals surface area contributed by atoms with E-state index in [1.54, 1.807) is 13.0 Å². The zero-order chi connectivity index (χ0) is 14.7. The molecular formula is C15H13FO4. The van der Waals surface area contributed by atoms with E-state index in [1.165, 1.54) is 31.2 Å². The highest BCUT2D eigenvalue weighted by atomic mass is 19.1. The van der Waals surface area contributed by atoms with E-state index in [9.17, 15) is 14.0 Å². The second-order valence-corrected chi connectivity index (χ2v) is 4.13. The van der Waals surface area contributed by atoms with Gasteiger partial charge in [0.1, 0.15) is 11.6 Å². The second kappa shape index (κ2) is 5.69. The molecule has 0 aliphatic carbocycles. The summed E-state index contributed by atoms with van der Waals surface area (Å²) in [5.41, 5.74) is 0.209. The van der Waals surface area contributed by atoms with Gasteiger partial charge in [0, 0.05) is 6.92 Å². The highest BCUT2D eigenvalue weighted by molar-refractivity contribution is 5.99. The first-order chi connectivity index (χ1) is 9.52. The molecule has 4 nitrogen and oxygen atoms in total. The number of esters is 2. The van der Waals surface area contributed by atoms with Crippen LogP contribution in [0, 0.1) is 5.82 Å². The number of ether oxygens (including phenoxy) is 2. The van der Waals surface area contributed by atoms with Crippen molar-refractivity contribution in [2.75, 3.05) is 6.61 Å². The van der Waals surface area contributed by atoms with Crippen LogP contribution < -0.4 is 4.74 Å². The zero-order valence-electron chi connectivity index (χ0n) is 11.1. The van der Waals surface area contributed by atoms with Crippen molar-refractivity contribution in [2.45, 2.75) is 13.8 Å². The predicted octanol–water partition coefficient (Wildman–Crippen LogP) is 3.08. The quantitative estimate of drug-likeness (QED) is 0.638. The number of benzene rings is 2. The lowest BCUT2D eigenvalue weighted by atomic mass is 10.1. The van der Waals surface area contributed by atoms with Gasteiger partial charge in [-0.25, -0.2) is 9.18 Å². The molecule has 0 N–H and O–H groups in total. The summed E-state index contributed by atoms with van der Waals surface area (Å²) in [7, 11) is 0. The van der Waals surface area contributed by atoms with Crippen LogP contribution in [0.15, 0.2) is 30.3 Å². The normalized spacial score (nSPS) is 10.3. The standard InChI is InChI=1S/C15H13FO4/c1-3-19-15(18)11-7-10-5-4-6-12(16)14(10)13(8-11)20-9(2)17/h4-8H,3H2,1-2H3. The Morgan fingerprint density at radius 3 is 2.65 bits per heavy atom. The van der Waals surface area contributed by atoms with E-state index in [4.69, 9.17) is 9.47 Å². The van der Waals surface area contributed by atoms with Crippen molar-refractivity contribution < 1.29 is 23.5 Å². The SMILES string of the molecule is CCOC(=O)c1cc(OC(C)=O)c2c(F)cccc2c1. The molecule has 20 heavy (non-hydrogen) atoms. The molecule has 0 spiro atoms. The molecule has 0 heterocycles. The molecule has 0 bridgehead atoms. The maximum Gasteiger partial charge on any atom is 0.338 e. The Balaban J connectivity index is 2.64. The molecule has 2 rings (SSSR count). The lowest BCUT2D eigenvalue weighted by molar-refractivity contribution is -0.131. The Morgan fingerprint density at radius 1 is 1.25 bits per heavy atom. The minimum absolute atomic E-state index is 0.0103. The summed E-state index contributed by atoms with van der Waals surface area (Å²) in [6.07, 6.45) is 0. The summed E-state index contributed by atoms with van der Waals surface area (Å²) in [6.45, 7) is 3.12. The number of carbonyl (C=O) groups is 2. The van der Waals surface area contributed by atoms with Crippen molar-refractivity contribution in [1.29, 1.82) is 0 Å². The maximum absolute atomic E-state index is 13.9. The number of hydrogen-bond acceptors (Lipinski definition) is 4. The van der Waals surface area contributed by atoms with E-state index in [-0.39, 0.29) is 23.3 Å². The lowest BCUT2D eigenvalue weighted by Crippen LogP contribution is -2.07. The van der Waals surface area contributed by atoms with Crippen LogP contribution in [-0.4, -0.2) is 18.5 Å². The Kier molecular flexibility index (Phi) is 3.98. The van der Waals surface area contributed by atoms with Gasteiger partial charge in [-0.1, -0.05) is 12.1 Å². The molecule has 0 aromatic heterocycles. The molecule has 2 aromatic carbocycles. The first-order valence-corrected chi connectivity index (χ1v) is 6.10. The van der Waals surface area contributed by atoms with Crippen LogP contribution in [0.1, 0.15) is 24.2 Å². The topological polar surface area (TPSA) is 52.6 Å². The van der Waals surface area contributed by atoms with Crippen molar-refractivity contribution in [3.63, 3.8) is 0 Å². The smallest absolute Gasteiger partial charge is 0.338 e. The predicted molar refractivity (Wildman–Crippen MR) is 71.2 cm³/mol. The number of fused-ring (bicyclic) bond motifs is 1. The van der Waals surface area contributed by atoms with Crippen molar-refractivity contribution >= 4 is 22.7 Å². The van der Waals surface area contributed by atoms with Gasteiger partial charge < -0.3 is 9.47 Å². The van der Waals surface area contributed by atoms with Crippen molar-refractivity contribution in [2.24, 2.45) is 0 Å². The molecule has 0 atom stereocenters. The van der Waals surface area contributed by atoms with Crippen molar-refractivity contribution in [3.8, 4) is 5.75 Å². The van der Waals surface area contributed by atoms with Crippen molar-refractivity contribution in [1.82, 2.24) is 0 Å². The minimum Gasteiger partial charge on any atom is -0.462 e. The Labute approximate surface area is 115 Å². The molecule has 2 aromatic rings. The van der Waals surface area contributed by atoms with E-state index in [2.05, 4.69) is 0 Å². The first-order valence-electron chi connectivity index (χ1n) is 6.10. The number of carbonyl (C=O) groups excluding carboxylic acids is 2. The average molecular weight is 276 g/mol. The van der Waals surface area contributed by atoms with E-state index in [0.717, 1.165) is 0 Å². The molecule has 0 fully saturated rings. The number of halogens is 1. The molecule has 0 amide bonds. The van der Waals surface area contributed by atoms with E-state index >= 15 is 0 Å². The summed E-state index contributed by atoms with van der Waals surface area (Å²) >= 11 is 0. The van der Waals surface area contributed by atoms with Gasteiger partial charge in [0.05, 0.1) is 17.6 Å². The van der Waals surface area contributed by atoms with E-state index < -0.39 is 17.8 Å². The van der Waals surface area contributed by atoms with Crippen LogP contribution in [0.3, 0.4) is 0 Å². The molecule has 0 aliphatic rings. The van der Waals surface area contributed by atoms with Crippen LogP contribution in [0.4, 0.5) is 4.39 Å². The second-order valence-electron chi connectivity index (χ2n) is 4.13. The van der Waals surface area contributed by atoms with Gasteiger partial charge in [0.25, 0.3) is 0 Å². The molecular weight excluding hydrogens is 263 g/mol. The van der Waals surface area contributed by atoms with Gasteiger partial charge in [-0.2, -0.15) is 0 Å². The van der Waals surface area contributed by atoms with E-state index in [0.29, 0.717) is 5.39 Å². The van der Waals surface area contributed by atoms with Gasteiger partial charge in [-0.05, 0) is 30.5 Å². The molecule has 0 unspecified atom stereocenters. The molecule has 104 valence electrons. The molecule has 0 saturated carbocycles. The summed E-state index contributed by atoms with van der Waals surface area (Å²) in [6, 6.07) is 7.23. The van der Waals surface area contributed by atoms with Crippen LogP contribution >= 0.6 is 0 Å². The van der Waals surface area contributed by atoms with Crippen LogP contribution in [-0.2, 0) is 9.53 Å². The van der Waals surface area contributed by atoms with Crippen LogP contribution in [0.5, 0.6) is 5.75 Å². The third-order valence-electron chi connectivity index (χ3n) is 2.65. The Morgan fingerprint density at radius 2 is 2.00 bits per heavy atom. The fraction of sp³-hybridized carbons (Fsp3) is 0.200. The molecule has 5 heteroatoms. The minimum atomic E-state index is -0.587. The van der Waals surface area contributed by atoms with Gasteiger partial charge in [0.2, 0.25) is 0 Å². The van der Waals surface area contributed by atoms with Crippen LogP contribution in [0.25, 0.3) is 10.8 Å². The Bertz CT molecular complexity index is 679. The number of rotatable bonds is 3. The third-order valence-corrected chi connectivity index (χ3v) is 2.65. The fourth-order valence-corrected chi connectivity index (χ4v) is 1.91. The average Bonchev–Trinajstić information content (AvgIpc) is 2.38. The van der Waals surface area contributed by atoms with Gasteiger partial charge >= 0.3 is 11.9 Å². The third kappa shape index (κ3) is 2.77. The molecule has 0 aliphatic heterocycles. The maximum atomic E-state index is 13.9. The largest absolute Gasteiger partial charge is 0.462 e. The summed E-state index contributed by atoms with van der Waals surface area (Å²) in [4.78, 5) is 22.9. The highest BCUT2D eigenvalue weighted by Crippen LogP contribution is 2.30. The summed E-state index contributed by atoms with van der Waals surface area (Å²) < 4.78 is 23.8. The molecule has 0 saturated heterocycles. The zero-order valence-corrected chi connectivity index (χ0v) is 11.1. The first kappa shape index (κ1) is 14.0. The highest BCUT2D eigenvalue weighted by Gasteiger charge is 2.15. The van der Waals surface area contributed by atoms with E-state index in [1.807, 2.05) is 0 Å².